The first-order chi connectivity index (χ1) is 12.3. The predicted octanol–water partition coefficient (Wildman–Crippen LogP) is 3.29. The molecule has 1 N–H and O–H groups in total. The van der Waals surface area contributed by atoms with Crippen LogP contribution in [0, 0.1) is 0 Å². The first kappa shape index (κ1) is 16.0. The molecule has 0 aliphatic carbocycles. The van der Waals surface area contributed by atoms with E-state index in [-0.39, 0.29) is 11.7 Å². The lowest BCUT2D eigenvalue weighted by atomic mass is 10.1. The highest BCUT2D eigenvalue weighted by Gasteiger charge is 2.15. The van der Waals surface area contributed by atoms with E-state index < -0.39 is 0 Å². The molecule has 3 aromatic rings. The van der Waals surface area contributed by atoms with Gasteiger partial charge in [0.2, 0.25) is 0 Å². The average molecular weight is 336 g/mol. The van der Waals surface area contributed by atoms with Crippen LogP contribution >= 0.6 is 0 Å². The molecular weight excluding hydrogens is 316 g/mol. The molecule has 0 radical (unpaired) electrons. The zero-order valence-electron chi connectivity index (χ0n) is 13.9. The second kappa shape index (κ2) is 7.17. The molecule has 128 valence electrons. The molecule has 25 heavy (non-hydrogen) atoms. The molecule has 1 saturated heterocycles. The van der Waals surface area contributed by atoms with Gasteiger partial charge in [-0.05, 0) is 36.6 Å². The van der Waals surface area contributed by atoms with Crippen LogP contribution in [0.1, 0.15) is 18.4 Å². The molecule has 1 aliphatic rings. The topological polar surface area (TPSA) is 64.2 Å². The first-order valence-electron chi connectivity index (χ1n) is 8.57. The van der Waals surface area contributed by atoms with Gasteiger partial charge in [-0.2, -0.15) is 0 Å². The number of hydrogen-bond donors (Lipinski definition) is 1. The number of para-hydroxylation sites is 1. The average Bonchev–Trinajstić information content (AvgIpc) is 3.15. The normalized spacial score (nSPS) is 17.2. The molecule has 0 saturated carbocycles. The summed E-state index contributed by atoms with van der Waals surface area (Å²) < 4.78 is 11.3. The third kappa shape index (κ3) is 3.62. The van der Waals surface area contributed by atoms with Gasteiger partial charge in [0.25, 0.3) is 5.56 Å². The SMILES string of the molecule is O=c1[nH]c(-c2cccc(COCC3CCCO3)c2)nc2ccccc12. The van der Waals surface area contributed by atoms with Crippen molar-refractivity contribution in [3.05, 3.63) is 64.4 Å². The summed E-state index contributed by atoms with van der Waals surface area (Å²) in [5, 5.41) is 0.599. The Morgan fingerprint density at radius 2 is 2.12 bits per heavy atom. The Kier molecular flexibility index (Phi) is 4.59. The molecule has 4 rings (SSSR count). The number of rotatable bonds is 5. The van der Waals surface area contributed by atoms with E-state index in [9.17, 15) is 4.79 Å². The zero-order chi connectivity index (χ0) is 17.1. The second-order valence-corrected chi connectivity index (χ2v) is 6.28. The highest BCUT2D eigenvalue weighted by atomic mass is 16.5. The van der Waals surface area contributed by atoms with Crippen molar-refractivity contribution in [1.29, 1.82) is 0 Å². The summed E-state index contributed by atoms with van der Waals surface area (Å²) in [6.07, 6.45) is 2.41. The van der Waals surface area contributed by atoms with Gasteiger partial charge >= 0.3 is 0 Å². The van der Waals surface area contributed by atoms with E-state index in [1.54, 1.807) is 6.07 Å². The Labute approximate surface area is 145 Å². The summed E-state index contributed by atoms with van der Waals surface area (Å²) in [7, 11) is 0. The lowest BCUT2D eigenvalue weighted by Gasteiger charge is -2.11. The van der Waals surface area contributed by atoms with Gasteiger partial charge in [0.15, 0.2) is 0 Å². The standard InChI is InChI=1S/C20H20N2O3/c23-20-17-8-1-2-9-18(17)21-19(22-20)15-6-3-5-14(11-15)12-24-13-16-7-4-10-25-16/h1-3,5-6,8-9,11,16H,4,7,10,12-13H2,(H,21,22,23). The number of fused-ring (bicyclic) bond motifs is 1. The Morgan fingerprint density at radius 3 is 3.00 bits per heavy atom. The predicted molar refractivity (Wildman–Crippen MR) is 96.4 cm³/mol. The van der Waals surface area contributed by atoms with Crippen LogP contribution in [-0.2, 0) is 16.1 Å². The van der Waals surface area contributed by atoms with Crippen molar-refractivity contribution in [2.24, 2.45) is 0 Å². The van der Waals surface area contributed by atoms with Crippen LogP contribution in [0.3, 0.4) is 0 Å². The Balaban J connectivity index is 1.53. The van der Waals surface area contributed by atoms with E-state index in [1.165, 1.54) is 0 Å². The van der Waals surface area contributed by atoms with Crippen molar-refractivity contribution in [3.63, 3.8) is 0 Å². The van der Waals surface area contributed by atoms with Crippen molar-refractivity contribution in [1.82, 2.24) is 9.97 Å². The lowest BCUT2D eigenvalue weighted by Crippen LogP contribution is -2.13. The highest BCUT2D eigenvalue weighted by Crippen LogP contribution is 2.19. The number of nitrogens with one attached hydrogen (secondary N) is 1. The fourth-order valence-electron chi connectivity index (χ4n) is 3.12. The molecule has 1 aromatic heterocycles. The summed E-state index contributed by atoms with van der Waals surface area (Å²) in [6.45, 7) is 1.98. The van der Waals surface area contributed by atoms with Crippen molar-refractivity contribution in [2.75, 3.05) is 13.2 Å². The summed E-state index contributed by atoms with van der Waals surface area (Å²) in [4.78, 5) is 19.7. The van der Waals surface area contributed by atoms with Crippen molar-refractivity contribution >= 4 is 10.9 Å². The Morgan fingerprint density at radius 1 is 1.20 bits per heavy atom. The summed E-state index contributed by atoms with van der Waals surface area (Å²) >= 11 is 0. The number of H-pyrrole nitrogens is 1. The van der Waals surface area contributed by atoms with Crippen LogP contribution in [0.4, 0.5) is 0 Å². The first-order valence-corrected chi connectivity index (χ1v) is 8.57. The molecule has 2 aromatic carbocycles. The van der Waals surface area contributed by atoms with Gasteiger partial charge in [-0.3, -0.25) is 4.79 Å². The minimum atomic E-state index is -0.124. The van der Waals surface area contributed by atoms with Crippen LogP contribution in [0.15, 0.2) is 53.3 Å². The van der Waals surface area contributed by atoms with Crippen molar-refractivity contribution in [2.45, 2.75) is 25.6 Å². The Hall–Kier alpha value is -2.50. The fourth-order valence-corrected chi connectivity index (χ4v) is 3.12. The molecule has 0 spiro atoms. The molecule has 1 atom stereocenters. The maximum absolute atomic E-state index is 12.2. The molecule has 5 nitrogen and oxygen atoms in total. The van der Waals surface area contributed by atoms with Crippen LogP contribution in [0.5, 0.6) is 0 Å². The maximum Gasteiger partial charge on any atom is 0.259 e. The van der Waals surface area contributed by atoms with Crippen molar-refractivity contribution in [3.8, 4) is 11.4 Å². The van der Waals surface area contributed by atoms with Gasteiger partial charge in [0.05, 0.1) is 30.2 Å². The third-order valence-electron chi connectivity index (χ3n) is 4.41. The largest absolute Gasteiger partial charge is 0.376 e. The Bertz CT molecular complexity index is 929. The minimum absolute atomic E-state index is 0.124. The number of benzene rings is 2. The molecule has 0 bridgehead atoms. The van der Waals surface area contributed by atoms with Crippen molar-refractivity contribution < 1.29 is 9.47 Å². The smallest absolute Gasteiger partial charge is 0.259 e. The molecule has 2 heterocycles. The number of ether oxygens (including phenoxy) is 2. The number of hydrogen-bond acceptors (Lipinski definition) is 4. The van der Waals surface area contributed by atoms with E-state index >= 15 is 0 Å². The van der Waals surface area contributed by atoms with Crippen LogP contribution in [-0.4, -0.2) is 29.3 Å². The van der Waals surface area contributed by atoms with E-state index in [0.29, 0.717) is 29.9 Å². The van der Waals surface area contributed by atoms with E-state index in [2.05, 4.69) is 9.97 Å². The maximum atomic E-state index is 12.2. The number of aromatic amines is 1. The highest BCUT2D eigenvalue weighted by molar-refractivity contribution is 5.79. The molecule has 1 aliphatic heterocycles. The van der Waals surface area contributed by atoms with Gasteiger partial charge in [-0.1, -0.05) is 30.3 Å². The van der Waals surface area contributed by atoms with Gasteiger partial charge in [0, 0.05) is 12.2 Å². The van der Waals surface area contributed by atoms with Gasteiger partial charge < -0.3 is 14.5 Å². The molecule has 5 heteroatoms. The minimum Gasteiger partial charge on any atom is -0.376 e. The quantitative estimate of drug-likeness (QED) is 0.776. The summed E-state index contributed by atoms with van der Waals surface area (Å²) in [5.74, 6) is 0.574. The van der Waals surface area contributed by atoms with Crippen LogP contribution in [0.2, 0.25) is 0 Å². The second-order valence-electron chi connectivity index (χ2n) is 6.28. The van der Waals surface area contributed by atoms with E-state index in [1.807, 2.05) is 42.5 Å². The van der Waals surface area contributed by atoms with E-state index in [0.717, 1.165) is 30.6 Å². The molecular formula is C20H20N2O3. The van der Waals surface area contributed by atoms with E-state index in [4.69, 9.17) is 9.47 Å². The monoisotopic (exact) mass is 336 g/mol. The fraction of sp³-hybridized carbons (Fsp3) is 0.300. The van der Waals surface area contributed by atoms with Gasteiger partial charge in [0.1, 0.15) is 5.82 Å². The number of nitrogens with zero attached hydrogens (tertiary/aromatic N) is 1. The molecule has 0 amide bonds. The number of aromatic nitrogens is 2. The summed E-state index contributed by atoms with van der Waals surface area (Å²) in [6, 6.07) is 15.3. The van der Waals surface area contributed by atoms with Gasteiger partial charge in [-0.15, -0.1) is 0 Å². The third-order valence-corrected chi connectivity index (χ3v) is 4.41. The summed E-state index contributed by atoms with van der Waals surface area (Å²) in [5.41, 5.74) is 2.49. The van der Waals surface area contributed by atoms with Crippen LogP contribution < -0.4 is 5.56 Å². The lowest BCUT2D eigenvalue weighted by molar-refractivity contribution is 0.0106. The van der Waals surface area contributed by atoms with Crippen LogP contribution in [0.25, 0.3) is 22.3 Å². The van der Waals surface area contributed by atoms with Gasteiger partial charge in [-0.25, -0.2) is 4.98 Å². The zero-order valence-corrected chi connectivity index (χ0v) is 13.9. The molecule has 1 unspecified atom stereocenters. The molecule has 1 fully saturated rings.